The molecule has 0 aliphatic carbocycles. The molecule has 3 heterocycles. The zero-order chi connectivity index (χ0) is 14.9. The van der Waals surface area contributed by atoms with Crippen LogP contribution in [0, 0.1) is 5.82 Å². The van der Waals surface area contributed by atoms with E-state index < -0.39 is 0 Å². The summed E-state index contributed by atoms with van der Waals surface area (Å²) < 4.78 is 19.2. The molecule has 0 saturated carbocycles. The Morgan fingerprint density at radius 1 is 1.18 bits per heavy atom. The molecule has 3 aromatic rings. The van der Waals surface area contributed by atoms with Gasteiger partial charge in [-0.05, 0) is 30.3 Å². The van der Waals surface area contributed by atoms with E-state index in [1.54, 1.807) is 18.4 Å². The normalized spacial score (nSPS) is 16.4. The van der Waals surface area contributed by atoms with E-state index in [0.717, 1.165) is 60.6 Å². The maximum atomic E-state index is 13.7. The minimum atomic E-state index is -0.209. The van der Waals surface area contributed by atoms with E-state index in [2.05, 4.69) is 15.2 Å². The number of hydrogen-bond donors (Lipinski definition) is 2. The number of H-pyrrole nitrogens is 1. The number of hydrogen-bond acceptors (Lipinski definition) is 3. The second-order valence-electron chi connectivity index (χ2n) is 5.67. The molecule has 4 rings (SSSR count). The number of nitrogens with zero attached hydrogens (tertiary/aromatic N) is 1. The highest BCUT2D eigenvalue weighted by atomic mass is 19.1. The summed E-state index contributed by atoms with van der Waals surface area (Å²) in [5.74, 6) is 0.584. The smallest absolute Gasteiger partial charge is 0.150 e. The van der Waals surface area contributed by atoms with Crippen molar-refractivity contribution in [1.29, 1.82) is 0 Å². The van der Waals surface area contributed by atoms with E-state index in [9.17, 15) is 4.39 Å². The summed E-state index contributed by atoms with van der Waals surface area (Å²) in [4.78, 5) is 5.77. The van der Waals surface area contributed by atoms with Crippen LogP contribution < -0.4 is 5.32 Å². The molecule has 22 heavy (non-hydrogen) atoms. The van der Waals surface area contributed by atoms with Gasteiger partial charge < -0.3 is 14.7 Å². The molecule has 0 amide bonds. The fraction of sp³-hybridized carbons (Fsp3) is 0.294. The molecule has 0 bridgehead atoms. The molecule has 1 aliphatic heterocycles. The molecule has 1 aliphatic rings. The van der Waals surface area contributed by atoms with Gasteiger partial charge in [0.05, 0.1) is 12.0 Å². The lowest BCUT2D eigenvalue weighted by molar-refractivity contribution is 0.234. The van der Waals surface area contributed by atoms with Crippen LogP contribution in [0.25, 0.3) is 22.4 Å². The van der Waals surface area contributed by atoms with Crippen molar-refractivity contribution in [2.75, 3.05) is 26.2 Å². The lowest BCUT2D eigenvalue weighted by Gasteiger charge is -2.27. The Bertz CT molecular complexity index is 773. The summed E-state index contributed by atoms with van der Waals surface area (Å²) in [7, 11) is 0. The van der Waals surface area contributed by atoms with Gasteiger partial charge in [0.2, 0.25) is 0 Å². The van der Waals surface area contributed by atoms with E-state index in [1.807, 2.05) is 12.1 Å². The van der Waals surface area contributed by atoms with Crippen LogP contribution in [-0.4, -0.2) is 36.1 Å². The Morgan fingerprint density at radius 2 is 2.05 bits per heavy atom. The molecule has 5 heteroatoms. The summed E-state index contributed by atoms with van der Waals surface area (Å²) in [6.45, 7) is 4.78. The van der Waals surface area contributed by atoms with Crippen molar-refractivity contribution in [2.45, 2.75) is 6.54 Å². The third-order valence-electron chi connectivity index (χ3n) is 4.23. The topological polar surface area (TPSA) is 44.2 Å². The highest BCUT2D eigenvalue weighted by Gasteiger charge is 2.19. The molecule has 1 aromatic carbocycles. The van der Waals surface area contributed by atoms with Crippen LogP contribution in [0.2, 0.25) is 0 Å². The molecule has 2 aromatic heterocycles. The first kappa shape index (κ1) is 13.5. The van der Waals surface area contributed by atoms with Gasteiger partial charge in [0, 0.05) is 49.2 Å². The first-order chi connectivity index (χ1) is 10.8. The highest BCUT2D eigenvalue weighted by molar-refractivity contribution is 5.90. The second kappa shape index (κ2) is 5.59. The van der Waals surface area contributed by atoms with Crippen molar-refractivity contribution in [1.82, 2.24) is 15.2 Å². The third-order valence-corrected chi connectivity index (χ3v) is 4.23. The summed E-state index contributed by atoms with van der Waals surface area (Å²) in [6, 6.07) is 8.69. The molecule has 114 valence electrons. The van der Waals surface area contributed by atoms with Gasteiger partial charge in [-0.3, -0.25) is 4.90 Å². The molecule has 0 radical (unpaired) electrons. The van der Waals surface area contributed by atoms with Crippen molar-refractivity contribution in [3.63, 3.8) is 0 Å². The summed E-state index contributed by atoms with van der Waals surface area (Å²) in [5.41, 5.74) is 2.99. The monoisotopic (exact) mass is 299 g/mol. The Morgan fingerprint density at radius 3 is 2.82 bits per heavy atom. The first-order valence-corrected chi connectivity index (χ1v) is 7.58. The molecular weight excluding hydrogens is 281 g/mol. The lowest BCUT2D eigenvalue weighted by Crippen LogP contribution is -2.42. The molecule has 0 unspecified atom stereocenters. The molecule has 1 fully saturated rings. The average molecular weight is 299 g/mol. The van der Waals surface area contributed by atoms with E-state index in [4.69, 9.17) is 4.42 Å². The Balaban J connectivity index is 1.81. The van der Waals surface area contributed by atoms with E-state index in [0.29, 0.717) is 0 Å². The zero-order valence-corrected chi connectivity index (χ0v) is 12.2. The number of piperazine rings is 1. The van der Waals surface area contributed by atoms with E-state index in [-0.39, 0.29) is 5.82 Å². The number of furan rings is 1. The maximum absolute atomic E-state index is 13.7. The average Bonchev–Trinajstić information content (AvgIpc) is 3.17. The fourth-order valence-electron chi connectivity index (χ4n) is 3.11. The Hall–Kier alpha value is -2.11. The Kier molecular flexibility index (Phi) is 3.44. The van der Waals surface area contributed by atoms with Gasteiger partial charge in [-0.15, -0.1) is 0 Å². The van der Waals surface area contributed by atoms with Crippen LogP contribution in [0.15, 0.2) is 41.0 Å². The number of benzene rings is 1. The van der Waals surface area contributed by atoms with Crippen molar-refractivity contribution in [2.24, 2.45) is 0 Å². The Labute approximate surface area is 127 Å². The number of aromatic amines is 1. The molecule has 0 spiro atoms. The van der Waals surface area contributed by atoms with Crippen LogP contribution in [0.4, 0.5) is 4.39 Å². The predicted octanol–water partition coefficient (Wildman–Crippen LogP) is 2.97. The SMILES string of the molecule is Fc1ccc2[nH]c(-c3ccco3)c(CN3CCNCC3)c2c1. The van der Waals surface area contributed by atoms with Crippen molar-refractivity contribution < 1.29 is 8.81 Å². The predicted molar refractivity (Wildman–Crippen MR) is 84.1 cm³/mol. The summed E-state index contributed by atoms with van der Waals surface area (Å²) in [6.07, 6.45) is 1.66. The quantitative estimate of drug-likeness (QED) is 0.781. The molecular formula is C17H18FN3O. The van der Waals surface area contributed by atoms with Crippen LogP contribution in [0.1, 0.15) is 5.56 Å². The van der Waals surface area contributed by atoms with Crippen LogP contribution >= 0.6 is 0 Å². The maximum Gasteiger partial charge on any atom is 0.150 e. The number of nitrogens with one attached hydrogen (secondary N) is 2. The minimum absolute atomic E-state index is 0.209. The molecule has 4 nitrogen and oxygen atoms in total. The van der Waals surface area contributed by atoms with Gasteiger partial charge in [-0.1, -0.05) is 0 Å². The fourth-order valence-corrected chi connectivity index (χ4v) is 3.11. The molecule has 0 atom stereocenters. The van der Waals surface area contributed by atoms with Gasteiger partial charge in [0.1, 0.15) is 11.6 Å². The van der Waals surface area contributed by atoms with Crippen molar-refractivity contribution in [3.8, 4) is 11.5 Å². The van der Waals surface area contributed by atoms with Crippen LogP contribution in [0.5, 0.6) is 0 Å². The van der Waals surface area contributed by atoms with Gasteiger partial charge >= 0.3 is 0 Å². The standard InChI is InChI=1S/C17H18FN3O/c18-12-3-4-15-13(10-12)14(11-21-7-5-19-6-8-21)17(20-15)16-2-1-9-22-16/h1-4,9-10,19-20H,5-8,11H2. The molecule has 2 N–H and O–H groups in total. The van der Waals surface area contributed by atoms with Crippen molar-refractivity contribution in [3.05, 3.63) is 48.0 Å². The second-order valence-corrected chi connectivity index (χ2v) is 5.67. The first-order valence-electron chi connectivity index (χ1n) is 7.58. The van der Waals surface area contributed by atoms with Crippen LogP contribution in [-0.2, 0) is 6.54 Å². The largest absolute Gasteiger partial charge is 0.463 e. The highest BCUT2D eigenvalue weighted by Crippen LogP contribution is 2.32. The minimum Gasteiger partial charge on any atom is -0.463 e. The van der Waals surface area contributed by atoms with Gasteiger partial charge in [-0.25, -0.2) is 4.39 Å². The molecule has 1 saturated heterocycles. The van der Waals surface area contributed by atoms with Crippen LogP contribution in [0.3, 0.4) is 0 Å². The number of fused-ring (bicyclic) bond motifs is 1. The summed E-state index contributed by atoms with van der Waals surface area (Å²) >= 11 is 0. The van der Waals surface area contributed by atoms with Gasteiger partial charge in [-0.2, -0.15) is 0 Å². The number of halogens is 1. The third kappa shape index (κ3) is 2.42. The van der Waals surface area contributed by atoms with Crippen molar-refractivity contribution >= 4 is 10.9 Å². The zero-order valence-electron chi connectivity index (χ0n) is 12.2. The summed E-state index contributed by atoms with van der Waals surface area (Å²) in [5, 5.41) is 4.29. The lowest BCUT2D eigenvalue weighted by atomic mass is 10.1. The number of aromatic nitrogens is 1. The van der Waals surface area contributed by atoms with Gasteiger partial charge in [0.15, 0.2) is 0 Å². The van der Waals surface area contributed by atoms with E-state index in [1.165, 1.54) is 6.07 Å². The number of rotatable bonds is 3. The van der Waals surface area contributed by atoms with E-state index >= 15 is 0 Å². The van der Waals surface area contributed by atoms with Gasteiger partial charge in [0.25, 0.3) is 0 Å².